The fraction of sp³-hybridized carbons (Fsp3) is 1.00. The van der Waals surface area contributed by atoms with E-state index in [9.17, 15) is 0 Å². The molecule has 0 amide bonds. The first kappa shape index (κ1) is 7.96. The molecule has 0 saturated carbocycles. The van der Waals surface area contributed by atoms with Gasteiger partial charge in [-0.15, -0.1) is 0 Å². The fourth-order valence-corrected chi connectivity index (χ4v) is 0.886. The lowest BCUT2D eigenvalue weighted by Gasteiger charge is -2.19. The van der Waals surface area contributed by atoms with Crippen molar-refractivity contribution in [2.45, 2.75) is 40.2 Å². The lowest BCUT2D eigenvalue weighted by Crippen LogP contribution is -2.13. The Hall–Kier alpha value is -0.0400. The topological polar surface area (TPSA) is 20.2 Å². The van der Waals surface area contributed by atoms with Gasteiger partial charge >= 0.3 is 0 Å². The highest BCUT2D eigenvalue weighted by atomic mass is 16.3. The molecule has 0 aliphatic carbocycles. The Balaban J connectivity index is 3.39. The highest BCUT2D eigenvalue weighted by Gasteiger charge is 2.12. The zero-order chi connectivity index (χ0) is 6.78. The summed E-state index contributed by atoms with van der Waals surface area (Å²) in [7, 11) is 0. The van der Waals surface area contributed by atoms with Crippen molar-refractivity contribution in [3.63, 3.8) is 0 Å². The van der Waals surface area contributed by atoms with Gasteiger partial charge in [-0.25, -0.2) is 0 Å². The summed E-state index contributed by atoms with van der Waals surface area (Å²) < 4.78 is 0. The monoisotopic (exact) mass is 116 g/mol. The van der Waals surface area contributed by atoms with Crippen molar-refractivity contribution >= 4 is 0 Å². The van der Waals surface area contributed by atoms with Crippen molar-refractivity contribution < 1.29 is 5.11 Å². The molecule has 1 heteroatoms. The van der Waals surface area contributed by atoms with Gasteiger partial charge in [-0.05, 0) is 18.8 Å². The molecule has 0 aliphatic rings. The zero-order valence-corrected chi connectivity index (χ0v) is 6.23. The molecule has 0 aromatic rings. The van der Waals surface area contributed by atoms with Crippen LogP contribution in [0.3, 0.4) is 0 Å². The second-order valence-corrected chi connectivity index (χ2v) is 3.61. The Morgan fingerprint density at radius 3 is 1.75 bits per heavy atom. The van der Waals surface area contributed by atoms with Crippen molar-refractivity contribution in [1.29, 1.82) is 0 Å². The van der Waals surface area contributed by atoms with Crippen LogP contribution >= 0.6 is 0 Å². The Bertz CT molecular complexity index is 59.3. The number of hydrogen-bond acceptors (Lipinski definition) is 1. The van der Waals surface area contributed by atoms with Crippen molar-refractivity contribution in [2.75, 3.05) is 0 Å². The molecule has 0 heterocycles. The highest BCUT2D eigenvalue weighted by Crippen LogP contribution is 2.19. The first-order chi connectivity index (χ1) is 3.42. The van der Waals surface area contributed by atoms with Crippen LogP contribution in [0.5, 0.6) is 0 Å². The molecule has 1 unspecified atom stereocenters. The van der Waals surface area contributed by atoms with E-state index in [1.54, 1.807) is 0 Å². The molecule has 0 aromatic carbocycles. The molecular formula is C7H16O. The van der Waals surface area contributed by atoms with Gasteiger partial charge in [0.25, 0.3) is 0 Å². The van der Waals surface area contributed by atoms with Crippen molar-refractivity contribution in [3.05, 3.63) is 0 Å². The second kappa shape index (κ2) is 2.49. The van der Waals surface area contributed by atoms with E-state index in [-0.39, 0.29) is 11.5 Å². The summed E-state index contributed by atoms with van der Waals surface area (Å²) in [6, 6.07) is 0. The number of hydrogen-bond donors (Lipinski definition) is 1. The minimum Gasteiger partial charge on any atom is -0.393 e. The van der Waals surface area contributed by atoms with Gasteiger partial charge in [-0.1, -0.05) is 20.8 Å². The molecule has 0 bridgehead atoms. The first-order valence-electron chi connectivity index (χ1n) is 3.10. The lowest BCUT2D eigenvalue weighted by atomic mass is 9.90. The average Bonchev–Trinajstić information content (AvgIpc) is 1.21. The zero-order valence-electron chi connectivity index (χ0n) is 6.23. The van der Waals surface area contributed by atoms with Gasteiger partial charge in [-0.2, -0.15) is 0 Å². The van der Waals surface area contributed by atoms with Crippen LogP contribution in [-0.2, 0) is 0 Å². The van der Waals surface area contributed by atoms with E-state index in [1.807, 2.05) is 6.92 Å². The third-order valence-electron chi connectivity index (χ3n) is 0.908. The predicted molar refractivity (Wildman–Crippen MR) is 35.8 cm³/mol. The first-order valence-corrected chi connectivity index (χ1v) is 3.10. The van der Waals surface area contributed by atoms with E-state index < -0.39 is 0 Å². The minimum absolute atomic E-state index is 0.157. The van der Waals surface area contributed by atoms with E-state index in [0.29, 0.717) is 0 Å². The maximum Gasteiger partial charge on any atom is 0.0517 e. The molecule has 0 aromatic heterocycles. The van der Waals surface area contributed by atoms with E-state index in [4.69, 9.17) is 5.11 Å². The van der Waals surface area contributed by atoms with Crippen LogP contribution in [0, 0.1) is 5.41 Å². The minimum atomic E-state index is -0.157. The molecule has 8 heavy (non-hydrogen) atoms. The summed E-state index contributed by atoms with van der Waals surface area (Å²) >= 11 is 0. The van der Waals surface area contributed by atoms with Crippen LogP contribution in [0.1, 0.15) is 34.1 Å². The van der Waals surface area contributed by atoms with Gasteiger partial charge in [0.1, 0.15) is 0 Å². The SMILES string of the molecule is CC(O)CC(C)(C)C. The van der Waals surface area contributed by atoms with E-state index in [1.165, 1.54) is 0 Å². The molecule has 0 aliphatic heterocycles. The average molecular weight is 116 g/mol. The summed E-state index contributed by atoms with van der Waals surface area (Å²) in [6.07, 6.45) is 0.725. The molecule has 1 atom stereocenters. The third kappa shape index (κ3) is 5.96. The Kier molecular flexibility index (Phi) is 2.48. The maximum atomic E-state index is 8.89. The van der Waals surface area contributed by atoms with E-state index in [0.717, 1.165) is 6.42 Å². The molecule has 0 rings (SSSR count). The fourth-order valence-electron chi connectivity index (χ4n) is 0.886. The van der Waals surface area contributed by atoms with Crippen LogP contribution in [0.15, 0.2) is 0 Å². The predicted octanol–water partition coefficient (Wildman–Crippen LogP) is 1.80. The Morgan fingerprint density at radius 2 is 1.75 bits per heavy atom. The molecule has 1 nitrogen and oxygen atoms in total. The van der Waals surface area contributed by atoms with Crippen molar-refractivity contribution in [3.8, 4) is 0 Å². The maximum absolute atomic E-state index is 8.89. The van der Waals surface area contributed by atoms with Gasteiger partial charge < -0.3 is 5.11 Å². The highest BCUT2D eigenvalue weighted by molar-refractivity contribution is 4.63. The van der Waals surface area contributed by atoms with Gasteiger partial charge in [-0.3, -0.25) is 0 Å². The van der Waals surface area contributed by atoms with Crippen LogP contribution in [-0.4, -0.2) is 11.2 Å². The van der Waals surface area contributed by atoms with Crippen LogP contribution in [0.4, 0.5) is 0 Å². The molecular weight excluding hydrogens is 100 g/mol. The van der Waals surface area contributed by atoms with Crippen molar-refractivity contribution in [1.82, 2.24) is 0 Å². The van der Waals surface area contributed by atoms with Crippen LogP contribution in [0.25, 0.3) is 0 Å². The van der Waals surface area contributed by atoms with Gasteiger partial charge in [0.15, 0.2) is 0 Å². The molecule has 50 valence electrons. The quantitative estimate of drug-likeness (QED) is 0.554. The number of aliphatic hydroxyl groups is 1. The summed E-state index contributed by atoms with van der Waals surface area (Å²) in [5, 5.41) is 8.89. The molecule has 1 N–H and O–H groups in total. The van der Waals surface area contributed by atoms with Crippen LogP contribution < -0.4 is 0 Å². The number of rotatable bonds is 1. The van der Waals surface area contributed by atoms with E-state index in [2.05, 4.69) is 20.8 Å². The normalized spacial score (nSPS) is 16.1. The van der Waals surface area contributed by atoms with Gasteiger partial charge in [0.2, 0.25) is 0 Å². The third-order valence-corrected chi connectivity index (χ3v) is 0.908. The summed E-state index contributed by atoms with van der Waals surface area (Å²) in [6.45, 7) is 8.20. The van der Waals surface area contributed by atoms with Crippen molar-refractivity contribution in [2.24, 2.45) is 5.41 Å². The molecule has 0 saturated heterocycles. The standard InChI is InChI=1S/C7H16O/c1-6(8)5-7(2,3)4/h6,8H,5H2,1-4H3. The van der Waals surface area contributed by atoms with E-state index >= 15 is 0 Å². The number of aliphatic hydroxyl groups excluding tert-OH is 1. The molecule has 0 radical (unpaired) electrons. The Morgan fingerprint density at radius 1 is 1.38 bits per heavy atom. The molecule has 0 spiro atoms. The van der Waals surface area contributed by atoms with Gasteiger partial charge in [0, 0.05) is 0 Å². The smallest absolute Gasteiger partial charge is 0.0517 e. The Labute approximate surface area is 51.7 Å². The van der Waals surface area contributed by atoms with Gasteiger partial charge in [0.05, 0.1) is 6.10 Å². The summed E-state index contributed by atoms with van der Waals surface area (Å²) in [4.78, 5) is 0. The second-order valence-electron chi connectivity index (χ2n) is 3.61. The lowest BCUT2D eigenvalue weighted by molar-refractivity contribution is 0.138. The largest absolute Gasteiger partial charge is 0.393 e. The molecule has 0 fully saturated rings. The summed E-state index contributed by atoms with van der Waals surface area (Å²) in [5.41, 5.74) is 0.272. The summed E-state index contributed by atoms with van der Waals surface area (Å²) in [5.74, 6) is 0. The van der Waals surface area contributed by atoms with Crippen LogP contribution in [0.2, 0.25) is 0 Å².